The van der Waals surface area contributed by atoms with Crippen molar-refractivity contribution in [1.82, 2.24) is 10.2 Å². The number of aliphatic hydroxyl groups excluding tert-OH is 14. The van der Waals surface area contributed by atoms with E-state index >= 15 is 0 Å². The van der Waals surface area contributed by atoms with Crippen LogP contribution in [-0.2, 0) is 37.9 Å². The van der Waals surface area contributed by atoms with Gasteiger partial charge in [0.05, 0.1) is 39.6 Å². The number of nitrogens with one attached hydrogen (secondary N) is 1. The molecule has 26 heteroatoms. The van der Waals surface area contributed by atoms with E-state index in [-0.39, 0.29) is 32.8 Å². The zero-order chi connectivity index (χ0) is 45.0. The van der Waals surface area contributed by atoms with Gasteiger partial charge in [-0.25, -0.2) is 4.79 Å². The molecule has 0 aromatic heterocycles. The summed E-state index contributed by atoms with van der Waals surface area (Å²) in [6, 6.07) is 0. The first-order valence-electron chi connectivity index (χ1n) is 20.2. The van der Waals surface area contributed by atoms with E-state index in [0.29, 0.717) is 32.2 Å². The topological polar surface area (TPSA) is 410 Å². The molecule has 4 saturated heterocycles. The number of hydrogen-bond acceptors (Lipinski definition) is 24. The molecule has 4 aliphatic heterocycles. The third kappa shape index (κ3) is 13.9. The van der Waals surface area contributed by atoms with Crippen LogP contribution in [0.3, 0.4) is 0 Å². The first kappa shape index (κ1) is 52.0. The number of unbranched alkanes of at least 4 members (excludes halogenated alkanes) is 3. The third-order valence-corrected chi connectivity index (χ3v) is 11.0. The van der Waals surface area contributed by atoms with Crippen molar-refractivity contribution in [3.05, 3.63) is 0 Å². The molecular weight excluding hydrogens is 832 g/mol. The Labute approximate surface area is 349 Å². The minimum Gasteiger partial charge on any atom is -0.465 e. The number of aliphatic hydroxyl groups is 14. The largest absolute Gasteiger partial charge is 0.465 e. The van der Waals surface area contributed by atoms with Crippen molar-refractivity contribution < 1.29 is 119 Å². The van der Waals surface area contributed by atoms with Gasteiger partial charge in [0.2, 0.25) is 0 Å². The summed E-state index contributed by atoms with van der Waals surface area (Å²) in [4.78, 5) is 12.6. The first-order chi connectivity index (χ1) is 29.0. The Hall–Kier alpha value is -1.65. The van der Waals surface area contributed by atoms with Gasteiger partial charge in [0.1, 0.15) is 97.7 Å². The van der Waals surface area contributed by atoms with Crippen molar-refractivity contribution in [3.8, 4) is 0 Å². The molecule has 26 nitrogen and oxygen atoms in total. The van der Waals surface area contributed by atoms with Crippen molar-refractivity contribution in [2.75, 3.05) is 65.8 Å². The standard InChI is InChI=1S/C35H64N2O24/c38-11-15-19(41)23(45)26(48)31(57-15)54-9-7-37(6-4-2-1-3-5-36-35(52)53)8-10-55-33-29(51)30(61-34-28(50)25(47)21(43)17(13-40)59-34)22(44)18(60-33)14-56-32-27(49)24(46)20(42)16(12-39)58-32/h15-34,36,38-51H,1-14H2,(H,52,53)/t15-,16-,17-,18-,19-,20-,21-,22-,23+,24+,25+,26+,27+,28+,29+,30+,31+,32+,33+,34-/m1/s1. The second-order valence-electron chi connectivity index (χ2n) is 15.3. The molecule has 358 valence electrons. The van der Waals surface area contributed by atoms with Gasteiger partial charge in [0.25, 0.3) is 0 Å². The Kier molecular flexibility index (Phi) is 21.4. The number of ether oxygens (including phenoxy) is 8. The van der Waals surface area contributed by atoms with Crippen LogP contribution in [0.15, 0.2) is 0 Å². The summed E-state index contributed by atoms with van der Waals surface area (Å²) in [5.74, 6) is 0. The van der Waals surface area contributed by atoms with Crippen LogP contribution in [0.1, 0.15) is 25.7 Å². The van der Waals surface area contributed by atoms with Gasteiger partial charge in [0.15, 0.2) is 25.2 Å². The normalized spacial score (nSPS) is 42.1. The van der Waals surface area contributed by atoms with Crippen LogP contribution in [0, 0.1) is 0 Å². The maximum absolute atomic E-state index is 11.4. The maximum atomic E-state index is 11.4. The van der Waals surface area contributed by atoms with Crippen LogP contribution in [-0.4, -0.2) is 276 Å². The molecule has 0 bridgehead atoms. The number of amides is 1. The number of rotatable bonds is 23. The lowest BCUT2D eigenvalue weighted by Crippen LogP contribution is -2.65. The van der Waals surface area contributed by atoms with Gasteiger partial charge in [-0.05, 0) is 19.4 Å². The molecule has 4 heterocycles. The van der Waals surface area contributed by atoms with Crippen LogP contribution < -0.4 is 5.32 Å². The zero-order valence-corrected chi connectivity index (χ0v) is 33.3. The molecule has 4 fully saturated rings. The van der Waals surface area contributed by atoms with Crippen molar-refractivity contribution in [1.29, 1.82) is 0 Å². The zero-order valence-electron chi connectivity index (χ0n) is 33.3. The molecule has 0 saturated carbocycles. The van der Waals surface area contributed by atoms with E-state index in [0.717, 1.165) is 0 Å². The Morgan fingerprint density at radius 1 is 0.475 bits per heavy atom. The molecule has 4 rings (SSSR count). The van der Waals surface area contributed by atoms with Crippen molar-refractivity contribution in [3.63, 3.8) is 0 Å². The molecule has 4 aliphatic rings. The SMILES string of the molecule is O=C(O)NCCCCCCN(CCO[C@H]1O[C@H](CO)[C@@H](O)[C@H](O)[C@@H]1O)CCO[C@H]1O[C@H](CO[C@H]2O[C@H](CO)[C@@H](O)[C@H](O)[C@@H]2O)[C@@H](O)[C@H](O[C@H]2O[C@H](CO)[C@@H](O)[C@H](O)[C@@H]2O)[C@@H]1O. The van der Waals surface area contributed by atoms with Gasteiger partial charge in [-0.3, -0.25) is 4.90 Å². The van der Waals surface area contributed by atoms with Gasteiger partial charge < -0.3 is 120 Å². The molecule has 0 aliphatic carbocycles. The molecule has 0 aromatic carbocycles. The molecule has 0 unspecified atom stereocenters. The Morgan fingerprint density at radius 2 is 0.902 bits per heavy atom. The van der Waals surface area contributed by atoms with Crippen LogP contribution in [0.2, 0.25) is 0 Å². The molecule has 20 atom stereocenters. The van der Waals surface area contributed by atoms with Gasteiger partial charge in [-0.1, -0.05) is 12.8 Å². The lowest BCUT2D eigenvalue weighted by atomic mass is 9.96. The first-order valence-corrected chi connectivity index (χ1v) is 20.2. The van der Waals surface area contributed by atoms with Crippen molar-refractivity contribution in [2.45, 2.75) is 149 Å². The number of hydrogen-bond donors (Lipinski definition) is 16. The fourth-order valence-corrected chi connectivity index (χ4v) is 7.21. The Morgan fingerprint density at radius 3 is 1.39 bits per heavy atom. The third-order valence-electron chi connectivity index (χ3n) is 11.0. The van der Waals surface area contributed by atoms with Crippen LogP contribution in [0.4, 0.5) is 4.79 Å². The molecule has 16 N–H and O–H groups in total. The van der Waals surface area contributed by atoms with Crippen LogP contribution in [0.5, 0.6) is 0 Å². The van der Waals surface area contributed by atoms with E-state index in [2.05, 4.69) is 5.32 Å². The van der Waals surface area contributed by atoms with E-state index in [1.165, 1.54) is 0 Å². The molecule has 0 aromatic rings. The minimum atomic E-state index is -1.93. The average Bonchev–Trinajstić information content (AvgIpc) is 3.24. The predicted octanol–water partition coefficient (Wildman–Crippen LogP) is -8.60. The van der Waals surface area contributed by atoms with Gasteiger partial charge in [-0.2, -0.15) is 0 Å². The summed E-state index contributed by atoms with van der Waals surface area (Å²) in [5, 5.41) is 155. The highest BCUT2D eigenvalue weighted by atomic mass is 16.8. The Balaban J connectivity index is 1.44. The highest BCUT2D eigenvalue weighted by Crippen LogP contribution is 2.31. The molecule has 1 amide bonds. The smallest absolute Gasteiger partial charge is 0.404 e. The number of carbonyl (C=O) groups is 1. The van der Waals surface area contributed by atoms with E-state index in [1.54, 1.807) is 0 Å². The predicted molar refractivity (Wildman–Crippen MR) is 196 cm³/mol. The maximum Gasteiger partial charge on any atom is 0.404 e. The second kappa shape index (κ2) is 25.2. The monoisotopic (exact) mass is 896 g/mol. The lowest BCUT2D eigenvalue weighted by Gasteiger charge is -2.46. The van der Waals surface area contributed by atoms with Gasteiger partial charge >= 0.3 is 6.09 Å². The van der Waals surface area contributed by atoms with E-state index in [9.17, 15) is 76.3 Å². The summed E-state index contributed by atoms with van der Waals surface area (Å²) >= 11 is 0. The van der Waals surface area contributed by atoms with E-state index in [1.807, 2.05) is 4.90 Å². The second-order valence-corrected chi connectivity index (χ2v) is 15.3. The fourth-order valence-electron chi connectivity index (χ4n) is 7.21. The summed E-state index contributed by atoms with van der Waals surface area (Å²) in [6.45, 7) is -2.16. The van der Waals surface area contributed by atoms with Crippen molar-refractivity contribution >= 4 is 6.09 Å². The van der Waals surface area contributed by atoms with Crippen molar-refractivity contribution in [2.24, 2.45) is 0 Å². The van der Waals surface area contributed by atoms with Crippen LogP contribution in [0.25, 0.3) is 0 Å². The van der Waals surface area contributed by atoms with E-state index < -0.39 is 155 Å². The van der Waals surface area contributed by atoms with Gasteiger partial charge in [-0.15, -0.1) is 0 Å². The summed E-state index contributed by atoms with van der Waals surface area (Å²) in [7, 11) is 0. The summed E-state index contributed by atoms with van der Waals surface area (Å²) < 4.78 is 44.9. The quantitative estimate of drug-likeness (QED) is 0.0423. The molecule has 0 radical (unpaired) electrons. The van der Waals surface area contributed by atoms with Gasteiger partial charge in [0, 0.05) is 19.6 Å². The fraction of sp³-hybridized carbons (Fsp3) is 0.971. The Bertz CT molecular complexity index is 1260. The van der Waals surface area contributed by atoms with E-state index in [4.69, 9.17) is 43.0 Å². The number of nitrogens with zero attached hydrogens (tertiary/aromatic N) is 1. The van der Waals surface area contributed by atoms with Crippen LogP contribution >= 0.6 is 0 Å². The molecule has 61 heavy (non-hydrogen) atoms. The number of carboxylic acid groups (broad SMARTS) is 1. The summed E-state index contributed by atoms with van der Waals surface area (Å²) in [6.07, 6.45) is -31.7. The lowest BCUT2D eigenvalue weighted by molar-refractivity contribution is -0.366. The highest BCUT2D eigenvalue weighted by Gasteiger charge is 2.52. The minimum absolute atomic E-state index is 0.0909. The average molecular weight is 897 g/mol. The molecular formula is C35H64N2O24. The highest BCUT2D eigenvalue weighted by molar-refractivity contribution is 5.64. The molecule has 0 spiro atoms. The summed E-state index contributed by atoms with van der Waals surface area (Å²) in [5.41, 5.74) is 0.